The van der Waals surface area contributed by atoms with Gasteiger partial charge in [-0.15, -0.1) is 0 Å². The van der Waals surface area contributed by atoms with Crippen LogP contribution in [0.1, 0.15) is 12.8 Å². The minimum Gasteiger partial charge on any atom is -0.480 e. The highest BCUT2D eigenvalue weighted by Crippen LogP contribution is 2.51. The van der Waals surface area contributed by atoms with E-state index in [4.69, 9.17) is 17.3 Å². The number of hydrogen-bond acceptors (Lipinski definition) is 6. The Morgan fingerprint density at radius 1 is 1.38 bits per heavy atom. The molecule has 0 radical (unpaired) electrons. The lowest BCUT2D eigenvalue weighted by Gasteiger charge is -2.22. The van der Waals surface area contributed by atoms with Crippen LogP contribution in [0.2, 0.25) is 5.02 Å². The number of nitrogens with two attached hydrogens (primary N) is 1. The Morgan fingerprint density at radius 2 is 2.04 bits per heavy atom. The van der Waals surface area contributed by atoms with Crippen molar-refractivity contribution in [3.05, 3.63) is 29.3 Å². The number of nitrogens with zero attached hydrogens (tertiary/aromatic N) is 2. The van der Waals surface area contributed by atoms with Gasteiger partial charge in [0.15, 0.2) is 15.3 Å². The van der Waals surface area contributed by atoms with Gasteiger partial charge in [-0.05, 0) is 25.0 Å². The molecule has 8 nitrogen and oxygen atoms in total. The van der Waals surface area contributed by atoms with Gasteiger partial charge in [0.25, 0.3) is 0 Å². The Labute approximate surface area is 155 Å². The van der Waals surface area contributed by atoms with E-state index in [0.717, 1.165) is 0 Å². The van der Waals surface area contributed by atoms with E-state index in [0.29, 0.717) is 0 Å². The molecule has 3 N–H and O–H groups in total. The number of hydrogen-bond donors (Lipinski definition) is 2. The average Bonchev–Trinajstić information content (AvgIpc) is 3.16. The molecule has 1 aliphatic carbocycles. The van der Waals surface area contributed by atoms with E-state index in [2.05, 4.69) is 0 Å². The average molecular weight is 398 g/mol. The molecule has 1 saturated heterocycles. The number of halogens is 1. The van der Waals surface area contributed by atoms with E-state index in [9.17, 15) is 28.4 Å². The van der Waals surface area contributed by atoms with Crippen molar-refractivity contribution in [2.75, 3.05) is 6.54 Å². The largest absolute Gasteiger partial charge is 0.480 e. The number of amides is 1. The van der Waals surface area contributed by atoms with Gasteiger partial charge < -0.3 is 10.8 Å². The minimum atomic E-state index is -3.87. The maximum Gasteiger partial charge on any atom is 0.320 e. The first kappa shape index (κ1) is 18.6. The predicted octanol–water partition coefficient (Wildman–Crippen LogP) is 0.409. The maximum absolute atomic E-state index is 12.9. The number of carboxylic acid groups (broad SMARTS) is 1. The Bertz CT molecular complexity index is 928. The number of carboxylic acids is 1. The fourth-order valence-corrected chi connectivity index (χ4v) is 5.80. The van der Waals surface area contributed by atoms with Crippen LogP contribution in [-0.2, 0) is 19.4 Å². The number of nitriles is 1. The van der Waals surface area contributed by atoms with Crippen LogP contribution < -0.4 is 5.73 Å². The van der Waals surface area contributed by atoms with Gasteiger partial charge >= 0.3 is 5.97 Å². The summed E-state index contributed by atoms with van der Waals surface area (Å²) in [7, 11) is -3.87. The summed E-state index contributed by atoms with van der Waals surface area (Å²) in [5.74, 6) is -2.03. The summed E-state index contributed by atoms with van der Waals surface area (Å²) in [5.41, 5.74) is 3.82. The molecule has 10 heteroatoms. The van der Waals surface area contributed by atoms with Crippen molar-refractivity contribution >= 4 is 33.3 Å². The summed E-state index contributed by atoms with van der Waals surface area (Å²) in [6.07, 6.45) is -0.0544. The molecule has 0 aromatic heterocycles. The second-order valence-electron chi connectivity index (χ2n) is 6.55. The fraction of sp³-hybridized carbons (Fsp3) is 0.438. The highest BCUT2D eigenvalue weighted by molar-refractivity contribution is 7.92. The molecule has 1 aliphatic heterocycles. The zero-order valence-electron chi connectivity index (χ0n) is 13.5. The van der Waals surface area contributed by atoms with Crippen LogP contribution in [0.25, 0.3) is 0 Å². The molecule has 0 spiro atoms. The summed E-state index contributed by atoms with van der Waals surface area (Å²) in [6.45, 7) is -0.105. The Morgan fingerprint density at radius 3 is 2.54 bits per heavy atom. The molecular weight excluding hydrogens is 382 g/mol. The number of rotatable bonds is 5. The van der Waals surface area contributed by atoms with Crippen LogP contribution in [0, 0.1) is 16.7 Å². The monoisotopic (exact) mass is 397 g/mol. The predicted molar refractivity (Wildman–Crippen MR) is 90.8 cm³/mol. The van der Waals surface area contributed by atoms with Crippen molar-refractivity contribution in [2.24, 2.45) is 11.1 Å². The van der Waals surface area contributed by atoms with E-state index in [1.54, 1.807) is 6.07 Å². The molecule has 138 valence electrons. The molecule has 2 fully saturated rings. The summed E-state index contributed by atoms with van der Waals surface area (Å²) in [6, 6.07) is 6.00. The van der Waals surface area contributed by atoms with Gasteiger partial charge in [-0.3, -0.25) is 14.5 Å². The smallest absolute Gasteiger partial charge is 0.320 e. The first-order chi connectivity index (χ1) is 12.1. The molecule has 1 aromatic carbocycles. The zero-order valence-corrected chi connectivity index (χ0v) is 15.1. The van der Waals surface area contributed by atoms with Crippen molar-refractivity contribution in [3.8, 4) is 6.07 Å². The normalized spacial score (nSPS) is 31.3. The molecular formula is C16H16ClN3O5S. The molecule has 1 heterocycles. The van der Waals surface area contributed by atoms with E-state index in [-0.39, 0.29) is 29.3 Å². The first-order valence-electron chi connectivity index (χ1n) is 7.83. The summed E-state index contributed by atoms with van der Waals surface area (Å²) >= 11 is 5.99. The van der Waals surface area contributed by atoms with Gasteiger partial charge in [0.05, 0.1) is 21.2 Å². The van der Waals surface area contributed by atoms with Crippen LogP contribution in [0.5, 0.6) is 0 Å². The molecule has 0 bridgehead atoms. The van der Waals surface area contributed by atoms with Gasteiger partial charge in [-0.2, -0.15) is 5.26 Å². The molecule has 4 atom stereocenters. The Hall–Kier alpha value is -2.15. The highest BCUT2D eigenvalue weighted by Gasteiger charge is 2.66. The van der Waals surface area contributed by atoms with Gasteiger partial charge in [0.1, 0.15) is 6.04 Å². The van der Waals surface area contributed by atoms with Crippen molar-refractivity contribution in [3.63, 3.8) is 0 Å². The third kappa shape index (κ3) is 2.74. The molecule has 2 aliphatic rings. The van der Waals surface area contributed by atoms with Crippen molar-refractivity contribution in [1.82, 2.24) is 4.90 Å². The van der Waals surface area contributed by atoms with E-state index < -0.39 is 44.5 Å². The summed E-state index contributed by atoms with van der Waals surface area (Å²) in [5, 5.41) is 17.8. The lowest BCUT2D eigenvalue weighted by Crippen LogP contribution is -2.42. The first-order valence-corrected chi connectivity index (χ1v) is 9.75. The summed E-state index contributed by atoms with van der Waals surface area (Å²) in [4.78, 5) is 24.6. The second-order valence-corrected chi connectivity index (χ2v) is 9.16. The molecule has 1 amide bonds. The number of carbonyl (C=O) groups excluding carboxylic acids is 1. The number of carbonyl (C=O) groups is 2. The quantitative estimate of drug-likeness (QED) is 0.732. The molecule has 1 saturated carbocycles. The van der Waals surface area contributed by atoms with Crippen LogP contribution in [0.4, 0.5) is 0 Å². The standard InChI is InChI=1S/C16H16ClN3O5S/c17-10-3-1-2-4-12(10)26(24,25)9-5-11(14(21)22)20(7-9)13-6-16(13,8-18)15(19)23/h1-4,9,11,13H,5-7H2,(H2,19,23)(H,21,22)/t9-,11+,13?,16?/m1/s1. The molecule has 26 heavy (non-hydrogen) atoms. The number of benzene rings is 1. The van der Waals surface area contributed by atoms with Crippen LogP contribution >= 0.6 is 11.6 Å². The minimum absolute atomic E-state index is 0.0603. The Balaban J connectivity index is 1.92. The van der Waals surface area contributed by atoms with Crippen LogP contribution in [0.15, 0.2) is 29.2 Å². The second kappa shape index (κ2) is 6.23. The molecule has 3 rings (SSSR count). The summed E-state index contributed by atoms with van der Waals surface area (Å²) < 4.78 is 25.8. The zero-order chi connectivity index (χ0) is 19.3. The van der Waals surface area contributed by atoms with Gasteiger partial charge in [0.2, 0.25) is 5.91 Å². The molecule has 1 aromatic rings. The highest BCUT2D eigenvalue weighted by atomic mass is 35.5. The van der Waals surface area contributed by atoms with Crippen molar-refractivity contribution < 1.29 is 23.1 Å². The Kier molecular flexibility index (Phi) is 4.46. The van der Waals surface area contributed by atoms with E-state index in [1.165, 1.54) is 23.1 Å². The fourth-order valence-electron chi connectivity index (χ4n) is 3.57. The van der Waals surface area contributed by atoms with Crippen molar-refractivity contribution in [1.29, 1.82) is 5.26 Å². The number of sulfone groups is 1. The number of likely N-dealkylation sites (tertiary alicyclic amines) is 1. The van der Waals surface area contributed by atoms with Crippen LogP contribution in [0.3, 0.4) is 0 Å². The van der Waals surface area contributed by atoms with Crippen molar-refractivity contribution in [2.45, 2.75) is 35.1 Å². The SMILES string of the molecule is N#CC1(C(N)=O)CC1N1C[C@H](S(=O)(=O)c2ccccc2Cl)C[C@H]1C(=O)O. The third-order valence-electron chi connectivity index (χ3n) is 5.13. The van der Waals surface area contributed by atoms with E-state index in [1.807, 2.05) is 6.07 Å². The lowest BCUT2D eigenvalue weighted by atomic mass is 10.1. The van der Waals surface area contributed by atoms with Gasteiger partial charge in [0, 0.05) is 12.6 Å². The maximum atomic E-state index is 12.9. The number of aliphatic carboxylic acids is 1. The molecule has 2 unspecified atom stereocenters. The van der Waals surface area contributed by atoms with Gasteiger partial charge in [-0.1, -0.05) is 23.7 Å². The van der Waals surface area contributed by atoms with Gasteiger partial charge in [-0.25, -0.2) is 8.42 Å². The van der Waals surface area contributed by atoms with E-state index >= 15 is 0 Å². The third-order valence-corrected chi connectivity index (χ3v) is 7.76. The topological polar surface area (TPSA) is 142 Å². The lowest BCUT2D eigenvalue weighted by molar-refractivity contribution is -0.142. The van der Waals surface area contributed by atoms with Crippen LogP contribution in [-0.4, -0.2) is 54.2 Å². The number of primary amides is 1.